The van der Waals surface area contributed by atoms with Crippen LogP contribution >= 0.6 is 0 Å². The third-order valence-corrected chi connectivity index (χ3v) is 1.56. The van der Waals surface area contributed by atoms with Crippen LogP contribution in [0.15, 0.2) is 18.2 Å². The van der Waals surface area contributed by atoms with Crippen molar-refractivity contribution in [2.45, 2.75) is 32.6 Å². The van der Waals surface area contributed by atoms with Crippen molar-refractivity contribution in [3.8, 4) is 0 Å². The molecule has 1 aliphatic carbocycles. The van der Waals surface area contributed by atoms with Crippen LogP contribution in [0.2, 0.25) is 0 Å². The first kappa shape index (κ1) is 10.9. The molecule has 63 valence electrons. The fraction of sp³-hybridized carbons (Fsp3) is 0.500. The van der Waals surface area contributed by atoms with Crippen molar-refractivity contribution in [1.29, 1.82) is 0 Å². The molecule has 0 fully saturated rings. The van der Waals surface area contributed by atoms with E-state index in [1.165, 1.54) is 19.3 Å². The fourth-order valence-electron chi connectivity index (χ4n) is 0.616. The molecule has 0 atom stereocenters. The minimum absolute atomic E-state index is 1.01. The second-order valence-corrected chi connectivity index (χ2v) is 2.74. The summed E-state index contributed by atoms with van der Waals surface area (Å²) in [4.78, 5) is 1.96. The van der Waals surface area contributed by atoms with Crippen molar-refractivity contribution in [2.24, 2.45) is 0 Å². The molecule has 0 aromatic rings. The zero-order chi connectivity index (χ0) is 8.36. The third-order valence-electron chi connectivity index (χ3n) is 1.25. The van der Waals surface area contributed by atoms with Gasteiger partial charge in [0.1, 0.15) is 0 Å². The van der Waals surface area contributed by atoms with Gasteiger partial charge in [-0.1, -0.05) is 0 Å². The van der Waals surface area contributed by atoms with Gasteiger partial charge >= 0.3 is 46.7 Å². The molecular formula is C10H15Fe. The van der Waals surface area contributed by atoms with Gasteiger partial charge in [-0.05, 0) is 0 Å². The van der Waals surface area contributed by atoms with E-state index in [0.29, 0.717) is 0 Å². The average molecular weight is 191 g/mol. The van der Waals surface area contributed by atoms with Gasteiger partial charge in [-0.15, -0.1) is 6.42 Å². The van der Waals surface area contributed by atoms with E-state index in [1.54, 1.807) is 0 Å². The summed E-state index contributed by atoms with van der Waals surface area (Å²) in [6.45, 7) is 2.18. The number of rotatable bonds is 3. The van der Waals surface area contributed by atoms with Crippen LogP contribution in [0.5, 0.6) is 0 Å². The molecular weight excluding hydrogens is 176 g/mol. The van der Waals surface area contributed by atoms with E-state index < -0.39 is 0 Å². The second kappa shape index (κ2) is 9.87. The maximum Gasteiger partial charge on any atom is -0.109 e. The van der Waals surface area contributed by atoms with Gasteiger partial charge in [-0.3, -0.25) is 6.08 Å². The van der Waals surface area contributed by atoms with Crippen LogP contribution in [-0.4, -0.2) is 4.92 Å². The normalized spacial score (nSPS) is 12.5. The molecule has 11 heavy (non-hydrogen) atoms. The number of allylic oxidation sites excluding steroid dienone is 4. The third kappa shape index (κ3) is 9.87. The Morgan fingerprint density at radius 2 is 2.45 bits per heavy atom. The Bertz CT molecular complexity index is 124. The molecule has 0 saturated carbocycles. The minimum atomic E-state index is 1.01. The first-order chi connectivity index (χ1) is 5.41. The topological polar surface area (TPSA) is 0 Å². The Labute approximate surface area is 77.7 Å². The zero-order valence-electron chi connectivity index (χ0n) is 6.99. The molecule has 0 amide bonds. The molecule has 1 heteroatoms. The SMILES string of the molecule is CCCC[CH]=[Fe+].[C-]1=CC=CC1. The molecule has 0 aliphatic heterocycles. The van der Waals surface area contributed by atoms with Gasteiger partial charge in [0.05, 0.1) is 0 Å². The van der Waals surface area contributed by atoms with Crippen molar-refractivity contribution < 1.29 is 15.6 Å². The molecule has 0 nitrogen and oxygen atoms in total. The largest absolute Gasteiger partial charge is 0.273 e. The standard InChI is InChI=1S/C5H5.C5H10.Fe/c1-2-4-5-3-1;1-3-5-4-2;/h1-3H,4H2;1H,3-5H2,2H3;/q-1;;+1. The van der Waals surface area contributed by atoms with Gasteiger partial charge in [-0.25, -0.2) is 12.2 Å². The van der Waals surface area contributed by atoms with E-state index in [4.69, 9.17) is 0 Å². The van der Waals surface area contributed by atoms with Crippen molar-refractivity contribution >= 4 is 4.92 Å². The van der Waals surface area contributed by atoms with Crippen LogP contribution in [0.1, 0.15) is 32.6 Å². The first-order valence-corrected chi connectivity index (χ1v) is 4.67. The summed E-state index contributed by atoms with van der Waals surface area (Å²) in [5, 5.41) is 0. The van der Waals surface area contributed by atoms with Gasteiger partial charge < -0.3 is 0 Å². The summed E-state index contributed by atoms with van der Waals surface area (Å²) in [6, 6.07) is 0. The van der Waals surface area contributed by atoms with Gasteiger partial charge in [0.15, 0.2) is 0 Å². The Kier molecular flexibility index (Phi) is 9.75. The van der Waals surface area contributed by atoms with Crippen LogP contribution in [-0.2, 0) is 15.6 Å². The smallest absolute Gasteiger partial charge is 0.109 e. The maximum absolute atomic E-state index is 3.60. The van der Waals surface area contributed by atoms with Gasteiger partial charge in [-0.2, -0.15) is 6.08 Å². The molecule has 0 spiro atoms. The minimum Gasteiger partial charge on any atom is -0.273 e. The van der Waals surface area contributed by atoms with Crippen molar-refractivity contribution in [3.63, 3.8) is 0 Å². The van der Waals surface area contributed by atoms with E-state index in [9.17, 15) is 0 Å². The average Bonchev–Trinajstić information content (AvgIpc) is 2.57. The van der Waals surface area contributed by atoms with Gasteiger partial charge in [0, 0.05) is 0 Å². The van der Waals surface area contributed by atoms with E-state index in [-0.39, 0.29) is 0 Å². The van der Waals surface area contributed by atoms with Crippen molar-refractivity contribution in [3.05, 3.63) is 24.3 Å². The monoisotopic (exact) mass is 191 g/mol. The van der Waals surface area contributed by atoms with E-state index in [2.05, 4.69) is 34.7 Å². The summed E-state index contributed by atoms with van der Waals surface area (Å²) < 4.78 is 0. The van der Waals surface area contributed by atoms with Crippen LogP contribution in [0, 0.1) is 6.08 Å². The quantitative estimate of drug-likeness (QED) is 0.365. The molecule has 0 radical (unpaired) electrons. The summed E-state index contributed by atoms with van der Waals surface area (Å²) in [7, 11) is 0. The zero-order valence-corrected chi connectivity index (χ0v) is 8.10. The Hall–Kier alpha value is -0.131. The Morgan fingerprint density at radius 1 is 1.64 bits per heavy atom. The fourth-order valence-corrected chi connectivity index (χ4v) is 0.842. The predicted molar refractivity (Wildman–Crippen MR) is 47.2 cm³/mol. The van der Waals surface area contributed by atoms with Crippen LogP contribution in [0.3, 0.4) is 0 Å². The van der Waals surface area contributed by atoms with E-state index >= 15 is 0 Å². The Morgan fingerprint density at radius 3 is 2.64 bits per heavy atom. The van der Waals surface area contributed by atoms with Gasteiger partial charge in [0.2, 0.25) is 0 Å². The molecule has 0 unspecified atom stereocenters. The van der Waals surface area contributed by atoms with Crippen LogP contribution in [0.4, 0.5) is 0 Å². The summed E-state index contributed by atoms with van der Waals surface area (Å²) >= 11 is 3.60. The molecule has 0 aromatic heterocycles. The van der Waals surface area contributed by atoms with Crippen molar-refractivity contribution in [1.82, 2.24) is 0 Å². The van der Waals surface area contributed by atoms with E-state index in [1.807, 2.05) is 17.1 Å². The molecule has 0 aromatic carbocycles. The number of hydrogen-bond acceptors (Lipinski definition) is 0. The Balaban J connectivity index is 0.000000183. The van der Waals surface area contributed by atoms with Gasteiger partial charge in [0.25, 0.3) is 0 Å². The second-order valence-electron chi connectivity index (χ2n) is 2.29. The molecule has 0 saturated heterocycles. The summed E-state index contributed by atoms with van der Waals surface area (Å²) in [5.74, 6) is 0. The molecule has 0 bridgehead atoms. The maximum atomic E-state index is 3.60. The van der Waals surface area contributed by atoms with Crippen molar-refractivity contribution in [2.75, 3.05) is 0 Å². The number of hydrogen-bond donors (Lipinski definition) is 0. The van der Waals surface area contributed by atoms with Crippen LogP contribution < -0.4 is 0 Å². The molecule has 0 heterocycles. The molecule has 0 N–H and O–H groups in total. The predicted octanol–water partition coefficient (Wildman–Crippen LogP) is 2.83. The van der Waals surface area contributed by atoms with E-state index in [0.717, 1.165) is 6.42 Å². The molecule has 1 rings (SSSR count). The molecule has 1 aliphatic rings. The summed E-state index contributed by atoms with van der Waals surface area (Å²) in [5.41, 5.74) is 0. The number of unbranched alkanes of at least 4 members (excludes halogenated alkanes) is 2. The van der Waals surface area contributed by atoms with Crippen LogP contribution in [0.25, 0.3) is 0 Å². The first-order valence-electron chi connectivity index (χ1n) is 4.04. The summed E-state index contributed by atoms with van der Waals surface area (Å²) in [6.07, 6.45) is 13.8.